The zero-order chi connectivity index (χ0) is 21.2. The Labute approximate surface area is 158 Å². The molecule has 10 heteroatoms. The van der Waals surface area contributed by atoms with Crippen molar-refractivity contribution < 1.29 is 33.8 Å². The molecule has 0 bridgehead atoms. The number of aliphatic carboxylic acids is 1. The maximum Gasteiger partial charge on any atom is 0.412 e. The molecule has 1 aliphatic heterocycles. The lowest BCUT2D eigenvalue weighted by Crippen LogP contribution is -2.65. The number of hydrogen-bond acceptors (Lipinski definition) is 7. The van der Waals surface area contributed by atoms with Gasteiger partial charge in [-0.1, -0.05) is 0 Å². The van der Waals surface area contributed by atoms with Crippen molar-refractivity contribution in [2.75, 3.05) is 13.1 Å². The van der Waals surface area contributed by atoms with Crippen LogP contribution in [0.1, 0.15) is 48.0 Å². The minimum absolute atomic E-state index is 0.0386. The summed E-state index contributed by atoms with van der Waals surface area (Å²) in [6, 6.07) is 0. The topological polar surface area (TPSA) is 148 Å². The molecule has 1 rings (SSSR count). The zero-order valence-electron chi connectivity index (χ0n) is 16.6. The highest BCUT2D eigenvalue weighted by molar-refractivity contribution is 5.95. The van der Waals surface area contributed by atoms with Gasteiger partial charge in [-0.3, -0.25) is 15.4 Å². The van der Waals surface area contributed by atoms with Crippen molar-refractivity contribution in [1.29, 1.82) is 0 Å². The number of carbonyl (C=O) groups excluding carboxylic acids is 3. The summed E-state index contributed by atoms with van der Waals surface area (Å²) in [6.07, 6.45) is -1.68. The Morgan fingerprint density at radius 2 is 1.63 bits per heavy atom. The fraction of sp³-hybridized carbons (Fsp3) is 0.765. The van der Waals surface area contributed by atoms with Gasteiger partial charge in [0.05, 0.1) is 12.5 Å². The molecule has 2 amide bonds. The van der Waals surface area contributed by atoms with E-state index >= 15 is 0 Å². The first-order valence-electron chi connectivity index (χ1n) is 8.60. The number of amides is 2. The van der Waals surface area contributed by atoms with Gasteiger partial charge in [-0.05, 0) is 48.0 Å². The van der Waals surface area contributed by atoms with Gasteiger partial charge in [0.25, 0.3) is 0 Å². The minimum Gasteiger partial charge on any atom is -0.478 e. The maximum absolute atomic E-state index is 12.5. The molecule has 1 heterocycles. The van der Waals surface area contributed by atoms with Gasteiger partial charge in [-0.25, -0.2) is 14.4 Å². The monoisotopic (exact) mass is 387 g/mol. The first-order chi connectivity index (χ1) is 12.1. The average Bonchev–Trinajstić information content (AvgIpc) is 2.80. The Bertz CT molecular complexity index is 621. The molecule has 2 atom stereocenters. The second-order valence-corrected chi connectivity index (χ2v) is 8.43. The molecule has 0 aliphatic carbocycles. The molecule has 0 saturated carbocycles. The summed E-state index contributed by atoms with van der Waals surface area (Å²) in [4.78, 5) is 49.2. The summed E-state index contributed by atoms with van der Waals surface area (Å²) >= 11 is 0. The molecule has 1 fully saturated rings. The molecule has 4 N–H and O–H groups in total. The summed E-state index contributed by atoms with van der Waals surface area (Å²) in [5.74, 6) is -3.34. The predicted molar refractivity (Wildman–Crippen MR) is 94.8 cm³/mol. The molecule has 0 spiro atoms. The number of hydrogen-bond donors (Lipinski definition) is 3. The Balaban J connectivity index is 2.88. The standard InChI is InChI=1S/C17H29N3O7/c1-15(2,3)26-13(24)19-9-11(21)10-7-8-20(17(10,18)12(22)23)14(25)27-16(4,5)6/h10H,7-9,18H2,1-6H3,(H,19,24)(H,22,23)/t10?,17-/m0/s1. The van der Waals surface area contributed by atoms with Crippen molar-refractivity contribution >= 4 is 23.9 Å². The van der Waals surface area contributed by atoms with Crippen LogP contribution in [-0.4, -0.2) is 63.9 Å². The van der Waals surface area contributed by atoms with Gasteiger partial charge in [0.2, 0.25) is 5.66 Å². The zero-order valence-corrected chi connectivity index (χ0v) is 16.6. The molecule has 0 aromatic carbocycles. The highest BCUT2D eigenvalue weighted by Gasteiger charge is 2.57. The van der Waals surface area contributed by atoms with Crippen LogP contribution < -0.4 is 11.1 Å². The van der Waals surface area contributed by atoms with E-state index in [0.29, 0.717) is 0 Å². The molecular formula is C17H29N3O7. The SMILES string of the molecule is CC(C)(C)OC(=O)NCC(=O)C1CCN(C(=O)OC(C)(C)C)[C@]1(N)C(=O)O. The largest absolute Gasteiger partial charge is 0.478 e. The number of likely N-dealkylation sites (tertiary alicyclic amines) is 1. The summed E-state index contributed by atoms with van der Waals surface area (Å²) < 4.78 is 10.2. The summed E-state index contributed by atoms with van der Waals surface area (Å²) in [6.45, 7) is 9.38. The number of ketones is 1. The molecule has 27 heavy (non-hydrogen) atoms. The van der Waals surface area contributed by atoms with Crippen molar-refractivity contribution in [2.24, 2.45) is 11.7 Å². The van der Waals surface area contributed by atoms with E-state index in [-0.39, 0.29) is 13.0 Å². The Morgan fingerprint density at radius 3 is 2.07 bits per heavy atom. The van der Waals surface area contributed by atoms with Crippen molar-refractivity contribution in [2.45, 2.75) is 64.8 Å². The third kappa shape index (κ3) is 5.81. The number of nitrogens with zero attached hydrogens (tertiary/aromatic N) is 1. The van der Waals surface area contributed by atoms with Gasteiger partial charge in [-0.15, -0.1) is 0 Å². The van der Waals surface area contributed by atoms with Crippen LogP contribution in [0, 0.1) is 5.92 Å². The summed E-state index contributed by atoms with van der Waals surface area (Å²) in [7, 11) is 0. The van der Waals surface area contributed by atoms with Crippen LogP contribution in [0.15, 0.2) is 0 Å². The molecule has 0 aromatic rings. The number of carboxylic acid groups (broad SMARTS) is 1. The van der Waals surface area contributed by atoms with Crippen molar-refractivity contribution in [1.82, 2.24) is 10.2 Å². The molecule has 0 aromatic heterocycles. The van der Waals surface area contributed by atoms with E-state index < -0.39 is 53.3 Å². The van der Waals surface area contributed by atoms with E-state index in [4.69, 9.17) is 15.2 Å². The lowest BCUT2D eigenvalue weighted by molar-refractivity contribution is -0.154. The van der Waals surface area contributed by atoms with Gasteiger partial charge >= 0.3 is 18.2 Å². The average molecular weight is 387 g/mol. The molecule has 1 aliphatic rings. The summed E-state index contributed by atoms with van der Waals surface area (Å²) in [5, 5.41) is 11.9. The van der Waals surface area contributed by atoms with Crippen LogP contribution in [0.5, 0.6) is 0 Å². The van der Waals surface area contributed by atoms with Crippen LogP contribution >= 0.6 is 0 Å². The van der Waals surface area contributed by atoms with Crippen LogP contribution in [0.2, 0.25) is 0 Å². The number of alkyl carbamates (subject to hydrolysis) is 1. The van der Waals surface area contributed by atoms with E-state index in [1.54, 1.807) is 41.5 Å². The van der Waals surface area contributed by atoms with E-state index in [0.717, 1.165) is 4.90 Å². The lowest BCUT2D eigenvalue weighted by atomic mass is 9.89. The van der Waals surface area contributed by atoms with E-state index in [1.807, 2.05) is 0 Å². The lowest BCUT2D eigenvalue weighted by Gasteiger charge is -2.35. The van der Waals surface area contributed by atoms with Crippen molar-refractivity contribution in [3.63, 3.8) is 0 Å². The quantitative estimate of drug-likeness (QED) is 0.649. The van der Waals surface area contributed by atoms with Crippen LogP contribution in [0.4, 0.5) is 9.59 Å². The second-order valence-electron chi connectivity index (χ2n) is 8.43. The normalized spacial score (nSPS) is 22.9. The smallest absolute Gasteiger partial charge is 0.412 e. The van der Waals surface area contributed by atoms with Crippen LogP contribution in [0.25, 0.3) is 0 Å². The first kappa shape index (κ1) is 22.7. The number of nitrogens with two attached hydrogens (primary N) is 1. The summed E-state index contributed by atoms with van der Waals surface area (Å²) in [5.41, 5.74) is 2.13. The molecule has 0 radical (unpaired) electrons. The Kier molecular flexibility index (Phi) is 6.48. The number of carboxylic acids is 1. The van der Waals surface area contributed by atoms with Crippen LogP contribution in [-0.2, 0) is 19.1 Å². The number of Topliss-reactive ketones (excluding diaryl/α,β-unsaturated/α-hetero) is 1. The van der Waals surface area contributed by atoms with Crippen molar-refractivity contribution in [3.05, 3.63) is 0 Å². The fourth-order valence-corrected chi connectivity index (χ4v) is 2.68. The van der Waals surface area contributed by atoms with Gasteiger partial charge in [0.15, 0.2) is 5.78 Å². The van der Waals surface area contributed by atoms with E-state index in [9.17, 15) is 24.3 Å². The predicted octanol–water partition coefficient (Wildman–Crippen LogP) is 1.08. The van der Waals surface area contributed by atoms with Crippen LogP contribution in [0.3, 0.4) is 0 Å². The first-order valence-corrected chi connectivity index (χ1v) is 8.60. The molecule has 1 saturated heterocycles. The third-order valence-electron chi connectivity index (χ3n) is 3.77. The van der Waals surface area contributed by atoms with Crippen molar-refractivity contribution in [3.8, 4) is 0 Å². The second kappa shape index (κ2) is 7.71. The number of rotatable bonds is 4. The number of carbonyl (C=O) groups is 4. The highest BCUT2D eigenvalue weighted by Crippen LogP contribution is 2.33. The molecular weight excluding hydrogens is 358 g/mol. The van der Waals surface area contributed by atoms with Gasteiger partial charge < -0.3 is 19.9 Å². The minimum atomic E-state index is -2.25. The Morgan fingerprint density at radius 1 is 1.11 bits per heavy atom. The molecule has 10 nitrogen and oxygen atoms in total. The van der Waals surface area contributed by atoms with E-state index in [2.05, 4.69) is 5.32 Å². The van der Waals surface area contributed by atoms with Gasteiger partial charge in [0.1, 0.15) is 11.2 Å². The molecule has 154 valence electrons. The molecule has 1 unspecified atom stereocenters. The highest BCUT2D eigenvalue weighted by atomic mass is 16.6. The van der Waals surface area contributed by atoms with E-state index in [1.165, 1.54) is 0 Å². The number of ether oxygens (including phenoxy) is 2. The van der Waals surface area contributed by atoms with Gasteiger partial charge in [-0.2, -0.15) is 0 Å². The third-order valence-corrected chi connectivity index (χ3v) is 3.77. The fourth-order valence-electron chi connectivity index (χ4n) is 2.68. The maximum atomic E-state index is 12.5. The number of nitrogens with one attached hydrogen (secondary N) is 1. The van der Waals surface area contributed by atoms with Gasteiger partial charge in [0, 0.05) is 6.54 Å². The Hall–Kier alpha value is -2.36.